The molecule has 6 heteroatoms. The normalized spacial score (nSPS) is 25.2. The van der Waals surface area contributed by atoms with Gasteiger partial charge >= 0.3 is 0 Å². The molecule has 2 aliphatic rings. The number of carbonyl (C=O) groups is 2. The van der Waals surface area contributed by atoms with E-state index in [1.54, 1.807) is 17.8 Å². The van der Waals surface area contributed by atoms with E-state index < -0.39 is 0 Å². The van der Waals surface area contributed by atoms with Crippen LogP contribution in [0, 0.1) is 0 Å². The predicted molar refractivity (Wildman–Crippen MR) is 86.3 cm³/mol. The minimum Gasteiger partial charge on any atom is -0.375 e. The Balaban J connectivity index is 1.85. The zero-order valence-corrected chi connectivity index (χ0v) is 13.6. The van der Waals surface area contributed by atoms with E-state index in [-0.39, 0.29) is 24.0 Å². The molecule has 2 amide bonds. The fourth-order valence-electron chi connectivity index (χ4n) is 2.70. The first-order chi connectivity index (χ1) is 10.5. The van der Waals surface area contributed by atoms with Crippen LogP contribution in [-0.4, -0.2) is 47.8 Å². The first kappa shape index (κ1) is 15.4. The molecule has 0 spiro atoms. The van der Waals surface area contributed by atoms with E-state index in [0.717, 1.165) is 16.3 Å². The average Bonchev–Trinajstić information content (AvgIpc) is 2.68. The van der Waals surface area contributed by atoms with Crippen molar-refractivity contribution in [2.24, 2.45) is 0 Å². The van der Waals surface area contributed by atoms with Crippen molar-refractivity contribution in [3.8, 4) is 0 Å². The van der Waals surface area contributed by atoms with Gasteiger partial charge in [0.2, 0.25) is 5.91 Å². The van der Waals surface area contributed by atoms with Gasteiger partial charge in [0.25, 0.3) is 5.91 Å². The van der Waals surface area contributed by atoms with Crippen LogP contribution in [0.25, 0.3) is 0 Å². The molecule has 2 unspecified atom stereocenters. The maximum Gasteiger partial charge on any atom is 0.254 e. The predicted octanol–water partition coefficient (Wildman–Crippen LogP) is 2.37. The van der Waals surface area contributed by atoms with Gasteiger partial charge in [-0.15, -0.1) is 11.8 Å². The lowest BCUT2D eigenvalue weighted by Crippen LogP contribution is -2.50. The number of nitrogens with one attached hydrogen (secondary N) is 1. The highest BCUT2D eigenvalue weighted by Gasteiger charge is 2.28. The van der Waals surface area contributed by atoms with Gasteiger partial charge in [-0.1, -0.05) is 0 Å². The summed E-state index contributed by atoms with van der Waals surface area (Å²) < 4.78 is 5.57. The first-order valence-electron chi connectivity index (χ1n) is 7.54. The van der Waals surface area contributed by atoms with Crippen LogP contribution in [0.2, 0.25) is 0 Å². The molecular formula is C16H20N2O3S. The summed E-state index contributed by atoms with van der Waals surface area (Å²) in [5.41, 5.74) is 1.36. The number of nitrogens with zero attached hydrogens (tertiary/aromatic N) is 1. The van der Waals surface area contributed by atoms with Gasteiger partial charge in [0.15, 0.2) is 0 Å². The van der Waals surface area contributed by atoms with E-state index >= 15 is 0 Å². The molecule has 5 nitrogen and oxygen atoms in total. The number of fused-ring (bicyclic) bond motifs is 1. The summed E-state index contributed by atoms with van der Waals surface area (Å²) in [5.74, 6) is 0.766. The maximum absolute atomic E-state index is 12.8. The van der Waals surface area contributed by atoms with E-state index in [4.69, 9.17) is 4.74 Å². The van der Waals surface area contributed by atoms with E-state index in [1.807, 2.05) is 30.9 Å². The average molecular weight is 320 g/mol. The molecule has 1 N–H and O–H groups in total. The Morgan fingerprint density at radius 1 is 1.41 bits per heavy atom. The van der Waals surface area contributed by atoms with Gasteiger partial charge in [0, 0.05) is 29.2 Å². The lowest BCUT2D eigenvalue weighted by atomic mass is 10.1. The van der Waals surface area contributed by atoms with Crippen molar-refractivity contribution in [2.45, 2.75) is 37.3 Å². The molecule has 118 valence electrons. The zero-order chi connectivity index (χ0) is 15.7. The van der Waals surface area contributed by atoms with Crippen LogP contribution < -0.4 is 5.32 Å². The molecule has 1 saturated heterocycles. The molecule has 22 heavy (non-hydrogen) atoms. The van der Waals surface area contributed by atoms with E-state index in [1.165, 1.54) is 0 Å². The van der Waals surface area contributed by atoms with Gasteiger partial charge in [-0.25, -0.2) is 0 Å². The van der Waals surface area contributed by atoms with Crippen LogP contribution in [0.4, 0.5) is 5.69 Å². The zero-order valence-electron chi connectivity index (χ0n) is 12.8. The van der Waals surface area contributed by atoms with Gasteiger partial charge in [-0.3, -0.25) is 9.59 Å². The minimum absolute atomic E-state index is 0.00390. The lowest BCUT2D eigenvalue weighted by molar-refractivity contribution is -0.115. The van der Waals surface area contributed by atoms with Crippen molar-refractivity contribution in [1.82, 2.24) is 4.90 Å². The van der Waals surface area contributed by atoms with Crippen LogP contribution >= 0.6 is 11.8 Å². The SMILES string of the molecule is CC1CN(C(=O)c2ccc3c(c2)NC(=O)CCS3)C(C)CO1. The number of rotatable bonds is 1. The summed E-state index contributed by atoms with van der Waals surface area (Å²) in [5, 5.41) is 2.89. The van der Waals surface area contributed by atoms with Crippen molar-refractivity contribution in [3.63, 3.8) is 0 Å². The van der Waals surface area contributed by atoms with Crippen molar-refractivity contribution in [3.05, 3.63) is 23.8 Å². The molecular weight excluding hydrogens is 300 g/mol. The maximum atomic E-state index is 12.8. The van der Waals surface area contributed by atoms with Crippen LogP contribution in [0.5, 0.6) is 0 Å². The molecule has 0 saturated carbocycles. The van der Waals surface area contributed by atoms with Crippen molar-refractivity contribution >= 4 is 29.3 Å². The molecule has 0 radical (unpaired) electrons. The number of hydrogen-bond acceptors (Lipinski definition) is 4. The second-order valence-corrected chi connectivity index (χ2v) is 6.94. The van der Waals surface area contributed by atoms with E-state index in [9.17, 15) is 9.59 Å². The highest BCUT2D eigenvalue weighted by molar-refractivity contribution is 7.99. The van der Waals surface area contributed by atoms with E-state index in [0.29, 0.717) is 25.1 Å². The Kier molecular flexibility index (Phi) is 4.40. The molecule has 2 aliphatic heterocycles. The fourth-order valence-corrected chi connectivity index (χ4v) is 3.64. The standard InChI is InChI=1S/C16H20N2O3S/c1-10-9-21-11(2)8-18(10)16(20)12-3-4-14-13(7-12)17-15(19)5-6-22-14/h3-4,7,10-11H,5-6,8-9H2,1-2H3,(H,17,19). The fraction of sp³-hybridized carbons (Fsp3) is 0.500. The number of carbonyl (C=O) groups excluding carboxylic acids is 2. The molecule has 0 aromatic heterocycles. The van der Waals surface area contributed by atoms with Gasteiger partial charge in [-0.2, -0.15) is 0 Å². The summed E-state index contributed by atoms with van der Waals surface area (Å²) in [6.07, 6.45) is 0.553. The second-order valence-electron chi connectivity index (χ2n) is 5.81. The molecule has 1 aromatic rings. The topological polar surface area (TPSA) is 58.6 Å². The largest absolute Gasteiger partial charge is 0.375 e. The number of morpholine rings is 1. The summed E-state index contributed by atoms with van der Waals surface area (Å²) in [7, 11) is 0. The van der Waals surface area contributed by atoms with Crippen LogP contribution in [-0.2, 0) is 9.53 Å². The number of anilines is 1. The Hall–Kier alpha value is -1.53. The Morgan fingerprint density at radius 2 is 2.23 bits per heavy atom. The molecule has 3 rings (SSSR count). The van der Waals surface area contributed by atoms with E-state index in [2.05, 4.69) is 5.32 Å². The number of benzene rings is 1. The number of thioether (sulfide) groups is 1. The Bertz CT molecular complexity index is 605. The molecule has 2 atom stereocenters. The first-order valence-corrected chi connectivity index (χ1v) is 8.52. The third kappa shape index (κ3) is 3.13. The third-order valence-corrected chi connectivity index (χ3v) is 5.03. The quantitative estimate of drug-likeness (QED) is 0.863. The smallest absolute Gasteiger partial charge is 0.254 e. The van der Waals surface area contributed by atoms with Crippen molar-refractivity contribution in [2.75, 3.05) is 24.2 Å². The summed E-state index contributed by atoms with van der Waals surface area (Å²) in [4.78, 5) is 27.3. The number of ether oxygens (including phenoxy) is 1. The molecule has 1 aromatic carbocycles. The second kappa shape index (κ2) is 6.30. The van der Waals surface area contributed by atoms with Gasteiger partial charge < -0.3 is 15.0 Å². The highest BCUT2D eigenvalue weighted by atomic mass is 32.2. The molecule has 0 aliphatic carbocycles. The Labute approximate surface area is 134 Å². The molecule has 2 heterocycles. The Morgan fingerprint density at radius 3 is 3.05 bits per heavy atom. The summed E-state index contributed by atoms with van der Waals surface area (Å²) in [6.45, 7) is 5.12. The molecule has 0 bridgehead atoms. The lowest BCUT2D eigenvalue weighted by Gasteiger charge is -2.37. The third-order valence-electron chi connectivity index (χ3n) is 3.96. The van der Waals surface area contributed by atoms with Crippen molar-refractivity contribution in [1.29, 1.82) is 0 Å². The minimum atomic E-state index is -0.00561. The number of amides is 2. The van der Waals surface area contributed by atoms with Crippen LogP contribution in [0.15, 0.2) is 23.1 Å². The summed E-state index contributed by atoms with van der Waals surface area (Å²) >= 11 is 1.64. The summed E-state index contributed by atoms with van der Waals surface area (Å²) in [6, 6.07) is 5.62. The van der Waals surface area contributed by atoms with Crippen LogP contribution in [0.3, 0.4) is 0 Å². The number of hydrogen-bond donors (Lipinski definition) is 1. The highest BCUT2D eigenvalue weighted by Crippen LogP contribution is 2.32. The van der Waals surface area contributed by atoms with Gasteiger partial charge in [0.1, 0.15) is 0 Å². The molecule has 1 fully saturated rings. The van der Waals surface area contributed by atoms with Gasteiger partial charge in [-0.05, 0) is 32.0 Å². The monoisotopic (exact) mass is 320 g/mol. The van der Waals surface area contributed by atoms with Crippen molar-refractivity contribution < 1.29 is 14.3 Å². The van der Waals surface area contributed by atoms with Gasteiger partial charge in [0.05, 0.1) is 24.4 Å². The van der Waals surface area contributed by atoms with Crippen LogP contribution in [0.1, 0.15) is 30.6 Å².